The molecule has 8 nitrogen and oxygen atoms in total. The molecule has 33 heavy (non-hydrogen) atoms. The average Bonchev–Trinajstić information content (AvgIpc) is 3.04. The van der Waals surface area contributed by atoms with Gasteiger partial charge in [0.2, 0.25) is 10.0 Å². The van der Waals surface area contributed by atoms with E-state index in [-0.39, 0.29) is 41.4 Å². The number of hydrogen-bond acceptors (Lipinski definition) is 6. The molecule has 2 aromatic carbocycles. The van der Waals surface area contributed by atoms with Gasteiger partial charge in [0.1, 0.15) is 11.3 Å². The van der Waals surface area contributed by atoms with E-state index in [0.717, 1.165) is 27.3 Å². The first-order valence-electron chi connectivity index (χ1n) is 10.4. The van der Waals surface area contributed by atoms with Gasteiger partial charge in [0.05, 0.1) is 24.1 Å². The van der Waals surface area contributed by atoms with E-state index >= 15 is 0 Å². The lowest BCUT2D eigenvalue weighted by molar-refractivity contribution is -0.117. The first kappa shape index (κ1) is 22.7. The first-order chi connectivity index (χ1) is 15.5. The van der Waals surface area contributed by atoms with Crippen LogP contribution in [0.15, 0.2) is 36.5 Å². The molecule has 0 saturated heterocycles. The minimum absolute atomic E-state index is 0.00645. The molecule has 0 bridgehead atoms. The summed E-state index contributed by atoms with van der Waals surface area (Å²) in [6.45, 7) is 3.27. The normalized spacial score (nSPS) is 13.5. The zero-order valence-corrected chi connectivity index (χ0v) is 19.7. The summed E-state index contributed by atoms with van der Waals surface area (Å²) in [6, 6.07) is 9.86. The number of Topliss-reactive ketones (excluding diaryl/α,β-unsaturated/α-hetero) is 1. The van der Waals surface area contributed by atoms with Gasteiger partial charge in [0.25, 0.3) is 5.91 Å². The molecule has 0 aliphatic carbocycles. The van der Waals surface area contributed by atoms with Crippen molar-refractivity contribution in [1.82, 2.24) is 9.88 Å². The predicted molar refractivity (Wildman–Crippen MR) is 126 cm³/mol. The highest BCUT2D eigenvalue weighted by molar-refractivity contribution is 7.92. The number of fused-ring (bicyclic) bond motifs is 2. The Morgan fingerprint density at radius 2 is 1.88 bits per heavy atom. The lowest BCUT2D eigenvalue weighted by Gasteiger charge is -2.23. The van der Waals surface area contributed by atoms with Crippen molar-refractivity contribution in [2.45, 2.75) is 26.8 Å². The van der Waals surface area contributed by atoms with Crippen LogP contribution in [0.1, 0.15) is 39.5 Å². The van der Waals surface area contributed by atoms with E-state index in [4.69, 9.17) is 0 Å². The van der Waals surface area contributed by atoms with Crippen molar-refractivity contribution >= 4 is 38.3 Å². The molecule has 0 radical (unpaired) electrons. The number of aromatic nitrogens is 1. The molecule has 2 heterocycles. The number of rotatable bonds is 6. The van der Waals surface area contributed by atoms with Gasteiger partial charge in [-0.15, -0.1) is 0 Å². The Labute approximate surface area is 192 Å². The highest BCUT2D eigenvalue weighted by Crippen LogP contribution is 2.44. The number of amides is 1. The van der Waals surface area contributed by atoms with Crippen molar-refractivity contribution < 1.29 is 23.1 Å². The van der Waals surface area contributed by atoms with E-state index in [1.165, 1.54) is 18.9 Å². The lowest BCUT2D eigenvalue weighted by atomic mass is 9.98. The summed E-state index contributed by atoms with van der Waals surface area (Å²) >= 11 is 0. The van der Waals surface area contributed by atoms with Crippen LogP contribution in [-0.4, -0.2) is 54.9 Å². The molecule has 9 heteroatoms. The van der Waals surface area contributed by atoms with Crippen LogP contribution in [0.3, 0.4) is 0 Å². The van der Waals surface area contributed by atoms with Crippen LogP contribution < -0.4 is 4.31 Å². The monoisotopic (exact) mass is 467 g/mol. The van der Waals surface area contributed by atoms with Crippen molar-refractivity contribution in [2.75, 3.05) is 24.2 Å². The summed E-state index contributed by atoms with van der Waals surface area (Å²) in [5.41, 5.74) is 3.84. The van der Waals surface area contributed by atoms with Crippen molar-refractivity contribution in [2.24, 2.45) is 0 Å². The number of aryl methyl sites for hydroxylation is 1. The SMILES string of the molecule is CC(=O)CN1Cc2c(c(O)c3ncc(Cc4ccc(C)cc4)cc3c2N(C)S(C)(=O)=O)C1=O. The van der Waals surface area contributed by atoms with Gasteiger partial charge in [-0.3, -0.25) is 18.9 Å². The molecule has 1 aliphatic heterocycles. The number of aromatic hydroxyl groups is 1. The fourth-order valence-electron chi connectivity index (χ4n) is 4.18. The van der Waals surface area contributed by atoms with E-state index in [1.807, 2.05) is 31.2 Å². The molecule has 0 fully saturated rings. The molecule has 0 saturated carbocycles. The molecule has 0 spiro atoms. The standard InChI is InChI=1S/C24H25N3O5S/c1-14-5-7-16(8-6-14)9-17-10-18-21(25-11-17)23(29)20-19(22(18)26(3)33(4,31)32)13-27(24(20)30)12-15(2)28/h5-8,10-11,29H,9,12-13H2,1-4H3. The van der Waals surface area contributed by atoms with Crippen molar-refractivity contribution in [1.29, 1.82) is 0 Å². The van der Waals surface area contributed by atoms with Gasteiger partial charge < -0.3 is 10.0 Å². The second-order valence-electron chi connectivity index (χ2n) is 8.55. The third-order valence-electron chi connectivity index (χ3n) is 5.85. The smallest absolute Gasteiger partial charge is 0.258 e. The lowest BCUT2D eigenvalue weighted by Crippen LogP contribution is -2.29. The number of carbonyl (C=O) groups is 2. The summed E-state index contributed by atoms with van der Waals surface area (Å²) < 4.78 is 26.1. The number of ketones is 1. The molecule has 1 N–H and O–H groups in total. The number of hydrogen-bond donors (Lipinski definition) is 1. The van der Waals surface area contributed by atoms with Crippen LogP contribution in [0.2, 0.25) is 0 Å². The quantitative estimate of drug-likeness (QED) is 0.597. The Morgan fingerprint density at radius 3 is 2.48 bits per heavy atom. The van der Waals surface area contributed by atoms with Crippen LogP contribution in [-0.2, 0) is 27.8 Å². The van der Waals surface area contributed by atoms with Gasteiger partial charge in [-0.1, -0.05) is 29.8 Å². The Morgan fingerprint density at radius 1 is 1.21 bits per heavy atom. The number of phenolic OH excluding ortho intramolecular Hbond substituents is 1. The van der Waals surface area contributed by atoms with Crippen LogP contribution in [0, 0.1) is 6.92 Å². The number of pyridine rings is 1. The molecule has 0 atom stereocenters. The average molecular weight is 468 g/mol. The minimum atomic E-state index is -3.69. The van der Waals surface area contributed by atoms with Gasteiger partial charge in [-0.05, 0) is 37.5 Å². The Kier molecular flexibility index (Phi) is 5.61. The van der Waals surface area contributed by atoms with Gasteiger partial charge in [-0.2, -0.15) is 0 Å². The zero-order chi connectivity index (χ0) is 24.1. The number of carbonyl (C=O) groups excluding carboxylic acids is 2. The molecule has 0 unspecified atom stereocenters. The van der Waals surface area contributed by atoms with Crippen molar-refractivity contribution in [3.05, 3.63) is 64.3 Å². The maximum absolute atomic E-state index is 13.0. The molecule has 1 aromatic heterocycles. The van der Waals surface area contributed by atoms with Crippen molar-refractivity contribution in [3.8, 4) is 5.75 Å². The van der Waals surface area contributed by atoms with E-state index in [0.29, 0.717) is 17.4 Å². The van der Waals surface area contributed by atoms with Gasteiger partial charge in [0.15, 0.2) is 5.75 Å². The molecule has 1 aliphatic rings. The summed E-state index contributed by atoms with van der Waals surface area (Å²) in [7, 11) is -2.28. The maximum atomic E-state index is 13.0. The largest absolute Gasteiger partial charge is 0.505 e. The first-order valence-corrected chi connectivity index (χ1v) is 12.3. The number of phenols is 1. The Balaban J connectivity index is 1.94. The number of sulfonamides is 1. The molecule has 3 aromatic rings. The van der Waals surface area contributed by atoms with Crippen LogP contribution in [0.4, 0.5) is 5.69 Å². The summed E-state index contributed by atoms with van der Waals surface area (Å²) in [5.74, 6) is -1.03. The Bertz CT molecular complexity index is 1400. The van der Waals surface area contributed by atoms with E-state index < -0.39 is 15.9 Å². The second-order valence-corrected chi connectivity index (χ2v) is 10.6. The minimum Gasteiger partial charge on any atom is -0.505 e. The summed E-state index contributed by atoms with van der Waals surface area (Å²) in [6.07, 6.45) is 3.26. The third kappa shape index (κ3) is 4.16. The number of anilines is 1. The summed E-state index contributed by atoms with van der Waals surface area (Å²) in [4.78, 5) is 30.3. The van der Waals surface area contributed by atoms with Gasteiger partial charge >= 0.3 is 0 Å². The Hall–Kier alpha value is -3.46. The molecule has 1 amide bonds. The highest BCUT2D eigenvalue weighted by Gasteiger charge is 2.37. The second kappa shape index (κ2) is 8.15. The van der Waals surface area contributed by atoms with Crippen LogP contribution in [0.5, 0.6) is 5.75 Å². The van der Waals surface area contributed by atoms with Gasteiger partial charge in [0, 0.05) is 30.7 Å². The van der Waals surface area contributed by atoms with E-state index in [1.54, 1.807) is 12.3 Å². The van der Waals surface area contributed by atoms with E-state index in [9.17, 15) is 23.1 Å². The fraction of sp³-hybridized carbons (Fsp3) is 0.292. The maximum Gasteiger partial charge on any atom is 0.258 e. The predicted octanol–water partition coefficient (Wildman–Crippen LogP) is 2.78. The molecule has 4 rings (SSSR count). The highest BCUT2D eigenvalue weighted by atomic mass is 32.2. The van der Waals surface area contributed by atoms with Crippen LogP contribution in [0.25, 0.3) is 10.9 Å². The molecular formula is C24H25N3O5S. The summed E-state index contributed by atoms with van der Waals surface area (Å²) in [5, 5.41) is 11.4. The number of benzene rings is 2. The van der Waals surface area contributed by atoms with Gasteiger partial charge in [-0.25, -0.2) is 8.42 Å². The van der Waals surface area contributed by atoms with E-state index in [2.05, 4.69) is 4.98 Å². The molecule has 172 valence electrons. The van der Waals surface area contributed by atoms with Crippen LogP contribution >= 0.6 is 0 Å². The molecular weight excluding hydrogens is 442 g/mol. The fourth-order valence-corrected chi connectivity index (χ4v) is 4.73. The zero-order valence-electron chi connectivity index (χ0n) is 18.9. The number of nitrogens with zero attached hydrogens (tertiary/aromatic N) is 3. The topological polar surface area (TPSA) is 108 Å². The third-order valence-corrected chi connectivity index (χ3v) is 7.03. The van der Waals surface area contributed by atoms with Crippen molar-refractivity contribution in [3.63, 3.8) is 0 Å².